The normalized spacial score (nSPS) is 11.9. The summed E-state index contributed by atoms with van der Waals surface area (Å²) in [5, 5.41) is 0. The molecule has 0 saturated heterocycles. The topological polar surface area (TPSA) is 3.24 Å². The highest BCUT2D eigenvalue weighted by atomic mass is 19.4. The van der Waals surface area contributed by atoms with Gasteiger partial charge in [-0.2, -0.15) is 13.2 Å². The minimum Gasteiger partial charge on any atom is -0.317 e. The van der Waals surface area contributed by atoms with Crippen molar-refractivity contribution in [1.82, 2.24) is 0 Å². The molecule has 154 valence electrons. The van der Waals surface area contributed by atoms with Gasteiger partial charge in [0.15, 0.2) is 0 Å². The SMILES string of the molecule is FC(F)(F)c1ccc(/C(=C\N(c2ccccc2)c2ccccc2)c2ccccc2)cc1. The highest BCUT2D eigenvalue weighted by molar-refractivity contribution is 5.84. The Hall–Kier alpha value is -3.79. The van der Waals surface area contributed by atoms with Crippen LogP contribution in [0.1, 0.15) is 16.7 Å². The van der Waals surface area contributed by atoms with E-state index < -0.39 is 11.7 Å². The second-order valence-corrected chi connectivity index (χ2v) is 7.03. The summed E-state index contributed by atoms with van der Waals surface area (Å²) in [6.07, 6.45) is -2.39. The molecular weight excluding hydrogens is 395 g/mol. The van der Waals surface area contributed by atoms with Gasteiger partial charge >= 0.3 is 6.18 Å². The van der Waals surface area contributed by atoms with Crippen molar-refractivity contribution in [2.75, 3.05) is 4.90 Å². The van der Waals surface area contributed by atoms with Crippen molar-refractivity contribution < 1.29 is 13.2 Å². The largest absolute Gasteiger partial charge is 0.416 e. The summed E-state index contributed by atoms with van der Waals surface area (Å²) in [5.74, 6) is 0. The molecule has 4 aromatic rings. The fourth-order valence-corrected chi connectivity index (χ4v) is 3.38. The highest BCUT2D eigenvalue weighted by Crippen LogP contribution is 2.33. The van der Waals surface area contributed by atoms with Crippen molar-refractivity contribution in [3.05, 3.63) is 138 Å². The lowest BCUT2D eigenvalue weighted by molar-refractivity contribution is -0.137. The second-order valence-electron chi connectivity index (χ2n) is 7.03. The van der Waals surface area contributed by atoms with Crippen molar-refractivity contribution in [1.29, 1.82) is 0 Å². The molecule has 4 aromatic carbocycles. The number of benzene rings is 4. The van der Waals surface area contributed by atoms with Gasteiger partial charge in [0, 0.05) is 23.1 Å². The van der Waals surface area contributed by atoms with Crippen LogP contribution in [0.2, 0.25) is 0 Å². The highest BCUT2D eigenvalue weighted by Gasteiger charge is 2.30. The Labute approximate surface area is 179 Å². The zero-order chi connectivity index (χ0) is 21.7. The average molecular weight is 415 g/mol. The molecule has 0 bridgehead atoms. The van der Waals surface area contributed by atoms with Crippen molar-refractivity contribution in [3.63, 3.8) is 0 Å². The number of nitrogens with zero attached hydrogens (tertiary/aromatic N) is 1. The van der Waals surface area contributed by atoms with Crippen LogP contribution in [0, 0.1) is 0 Å². The van der Waals surface area contributed by atoms with Gasteiger partial charge in [0.2, 0.25) is 0 Å². The van der Waals surface area contributed by atoms with E-state index in [9.17, 15) is 13.2 Å². The van der Waals surface area contributed by atoms with Crippen LogP contribution >= 0.6 is 0 Å². The van der Waals surface area contributed by atoms with Crippen LogP contribution in [0.3, 0.4) is 0 Å². The summed E-state index contributed by atoms with van der Waals surface area (Å²) in [4.78, 5) is 2.04. The molecule has 0 amide bonds. The summed E-state index contributed by atoms with van der Waals surface area (Å²) in [6, 6.07) is 34.7. The molecular formula is C27H20F3N. The zero-order valence-electron chi connectivity index (χ0n) is 16.6. The van der Waals surface area contributed by atoms with E-state index in [-0.39, 0.29) is 0 Å². The van der Waals surface area contributed by atoms with E-state index in [2.05, 4.69) is 0 Å². The van der Waals surface area contributed by atoms with Gasteiger partial charge in [-0.15, -0.1) is 0 Å². The molecule has 0 heterocycles. The van der Waals surface area contributed by atoms with Crippen molar-refractivity contribution >= 4 is 16.9 Å². The number of alkyl halides is 3. The predicted octanol–water partition coefficient (Wildman–Crippen LogP) is 7.93. The number of halogens is 3. The van der Waals surface area contributed by atoms with Gasteiger partial charge in [0.25, 0.3) is 0 Å². The van der Waals surface area contributed by atoms with Crippen LogP contribution in [0.25, 0.3) is 5.57 Å². The van der Waals surface area contributed by atoms with Crippen LogP contribution < -0.4 is 4.90 Å². The zero-order valence-corrected chi connectivity index (χ0v) is 16.6. The van der Waals surface area contributed by atoms with Crippen molar-refractivity contribution in [2.24, 2.45) is 0 Å². The minimum absolute atomic E-state index is 0.661. The maximum absolute atomic E-state index is 13.1. The van der Waals surface area contributed by atoms with Crippen LogP contribution in [-0.4, -0.2) is 0 Å². The van der Waals surface area contributed by atoms with Gasteiger partial charge in [-0.25, -0.2) is 0 Å². The Morgan fingerprint density at radius 1 is 0.548 bits per heavy atom. The average Bonchev–Trinajstić information content (AvgIpc) is 2.81. The number of hydrogen-bond acceptors (Lipinski definition) is 1. The molecule has 0 aliphatic rings. The molecule has 0 spiro atoms. The Balaban J connectivity index is 1.87. The summed E-state index contributed by atoms with van der Waals surface area (Å²) < 4.78 is 39.2. The van der Waals surface area contributed by atoms with Crippen molar-refractivity contribution in [2.45, 2.75) is 6.18 Å². The minimum atomic E-state index is -4.37. The first-order chi connectivity index (χ1) is 15.0. The maximum Gasteiger partial charge on any atom is 0.416 e. The van der Waals surface area contributed by atoms with Gasteiger partial charge in [-0.3, -0.25) is 0 Å². The molecule has 0 aliphatic carbocycles. The summed E-state index contributed by atoms with van der Waals surface area (Å²) in [7, 11) is 0. The van der Waals surface area contributed by atoms with Crippen LogP contribution in [0.5, 0.6) is 0 Å². The fraction of sp³-hybridized carbons (Fsp3) is 0.0370. The number of para-hydroxylation sites is 2. The third kappa shape index (κ3) is 4.86. The van der Waals surface area contributed by atoms with Gasteiger partial charge in [-0.05, 0) is 47.5 Å². The van der Waals surface area contributed by atoms with Crippen molar-refractivity contribution in [3.8, 4) is 0 Å². The maximum atomic E-state index is 13.1. The Morgan fingerprint density at radius 3 is 1.42 bits per heavy atom. The Bertz CT molecular complexity index is 1090. The third-order valence-electron chi connectivity index (χ3n) is 4.93. The lowest BCUT2D eigenvalue weighted by atomic mass is 9.97. The van der Waals surface area contributed by atoms with E-state index in [4.69, 9.17) is 0 Å². The van der Waals surface area contributed by atoms with E-state index >= 15 is 0 Å². The molecule has 0 N–H and O–H groups in total. The molecule has 0 aromatic heterocycles. The first-order valence-electron chi connectivity index (χ1n) is 9.86. The molecule has 0 unspecified atom stereocenters. The molecule has 1 nitrogen and oxygen atoms in total. The van der Waals surface area contributed by atoms with Crippen LogP contribution in [0.4, 0.5) is 24.5 Å². The molecule has 0 saturated carbocycles. The smallest absolute Gasteiger partial charge is 0.317 e. The molecule has 0 fully saturated rings. The molecule has 0 radical (unpaired) electrons. The number of rotatable bonds is 5. The van der Waals surface area contributed by atoms with E-state index in [1.807, 2.05) is 102 Å². The molecule has 0 atom stereocenters. The summed E-state index contributed by atoms with van der Waals surface area (Å²) in [6.45, 7) is 0. The van der Waals surface area contributed by atoms with E-state index in [1.54, 1.807) is 0 Å². The Morgan fingerprint density at radius 2 is 0.968 bits per heavy atom. The molecule has 31 heavy (non-hydrogen) atoms. The number of hydrogen-bond donors (Lipinski definition) is 0. The van der Waals surface area contributed by atoms with E-state index in [0.29, 0.717) is 5.56 Å². The van der Waals surface area contributed by atoms with Gasteiger partial charge in [0.1, 0.15) is 0 Å². The molecule has 4 heteroatoms. The summed E-state index contributed by atoms with van der Waals surface area (Å²) in [5.41, 5.74) is 3.69. The number of anilines is 2. The van der Waals surface area contributed by atoms with Crippen LogP contribution in [-0.2, 0) is 6.18 Å². The van der Waals surface area contributed by atoms with Gasteiger partial charge in [-0.1, -0.05) is 78.9 Å². The van der Waals surface area contributed by atoms with Gasteiger partial charge in [0.05, 0.1) is 5.56 Å². The standard InChI is InChI=1S/C27H20F3N/c28-27(29,30)23-18-16-22(17-19-23)26(21-10-4-1-5-11-21)20-31(24-12-6-2-7-13-24)25-14-8-3-9-15-25/h1-20H/b26-20-. The van der Waals surface area contributed by atoms with E-state index in [0.717, 1.165) is 34.6 Å². The van der Waals surface area contributed by atoms with E-state index in [1.165, 1.54) is 12.1 Å². The quantitative estimate of drug-likeness (QED) is 0.320. The predicted molar refractivity (Wildman–Crippen MR) is 120 cm³/mol. The first kappa shape index (κ1) is 20.5. The lowest BCUT2D eigenvalue weighted by Gasteiger charge is -2.23. The fourth-order valence-electron chi connectivity index (χ4n) is 3.38. The summed E-state index contributed by atoms with van der Waals surface area (Å²) >= 11 is 0. The second kappa shape index (κ2) is 8.92. The Kier molecular flexibility index (Phi) is 5.89. The monoisotopic (exact) mass is 415 g/mol. The third-order valence-corrected chi connectivity index (χ3v) is 4.93. The lowest BCUT2D eigenvalue weighted by Crippen LogP contribution is -2.10. The molecule has 0 aliphatic heterocycles. The molecule has 4 rings (SSSR count). The van der Waals surface area contributed by atoms with Gasteiger partial charge < -0.3 is 4.90 Å². The van der Waals surface area contributed by atoms with Crippen LogP contribution in [0.15, 0.2) is 121 Å². The first-order valence-corrected chi connectivity index (χ1v) is 9.86.